The van der Waals surface area contributed by atoms with Gasteiger partial charge in [-0.05, 0) is 41.6 Å². The highest BCUT2D eigenvalue weighted by atomic mass is 32.2. The zero-order valence-electron chi connectivity index (χ0n) is 12.3. The molecule has 5 nitrogen and oxygen atoms in total. The Morgan fingerprint density at radius 2 is 1.83 bits per heavy atom. The van der Waals surface area contributed by atoms with E-state index >= 15 is 0 Å². The van der Waals surface area contributed by atoms with Gasteiger partial charge in [0.25, 0.3) is 11.1 Å². The Labute approximate surface area is 141 Å². The Balaban J connectivity index is 1.84. The predicted octanol–water partition coefficient (Wildman–Crippen LogP) is 3.47. The topological polar surface area (TPSA) is 77.8 Å². The van der Waals surface area contributed by atoms with Crippen LogP contribution in [-0.4, -0.2) is 26.3 Å². The summed E-state index contributed by atoms with van der Waals surface area (Å²) in [7, 11) is 0. The maximum absolute atomic E-state index is 13.7. The second-order valence-corrected chi connectivity index (χ2v) is 6.10. The van der Waals surface area contributed by atoms with E-state index in [9.17, 15) is 24.2 Å². The van der Waals surface area contributed by atoms with Crippen molar-refractivity contribution in [2.24, 2.45) is 0 Å². The van der Waals surface area contributed by atoms with Gasteiger partial charge < -0.3 is 10.2 Å². The average Bonchev–Trinajstić information content (AvgIpc) is 2.80. The van der Waals surface area contributed by atoms with Gasteiger partial charge in [-0.3, -0.25) is 14.5 Å². The first-order valence-corrected chi connectivity index (χ1v) is 7.78. The van der Waals surface area contributed by atoms with E-state index in [0.29, 0.717) is 5.56 Å². The van der Waals surface area contributed by atoms with Crippen molar-refractivity contribution in [1.29, 1.82) is 0 Å². The maximum atomic E-state index is 13.7. The summed E-state index contributed by atoms with van der Waals surface area (Å²) in [5, 5.41) is 18.3. The van der Waals surface area contributed by atoms with Crippen LogP contribution in [0.1, 0.15) is 11.1 Å². The van der Waals surface area contributed by atoms with Gasteiger partial charge in [0.2, 0.25) is 0 Å². The van der Waals surface area contributed by atoms with Gasteiger partial charge in [0.1, 0.15) is 5.82 Å². The SMILES string of the molecule is O=C1S/C(=C/c2ccc(O)c(O)c2)C(=O)N1Cc1ccccc1F. The second kappa shape index (κ2) is 6.37. The maximum Gasteiger partial charge on any atom is 0.293 e. The third-order valence-corrected chi connectivity index (χ3v) is 4.36. The number of phenols is 2. The first kappa shape index (κ1) is 16.1. The number of thioether (sulfide) groups is 1. The minimum Gasteiger partial charge on any atom is -0.504 e. The van der Waals surface area contributed by atoms with Gasteiger partial charge >= 0.3 is 0 Å². The lowest BCUT2D eigenvalue weighted by Crippen LogP contribution is -2.27. The lowest BCUT2D eigenvalue weighted by atomic mass is 10.1. The van der Waals surface area contributed by atoms with E-state index < -0.39 is 17.0 Å². The Bertz CT molecular complexity index is 865. The number of hydrogen-bond donors (Lipinski definition) is 2. The van der Waals surface area contributed by atoms with Gasteiger partial charge in [0.15, 0.2) is 11.5 Å². The number of benzene rings is 2. The number of imide groups is 1. The van der Waals surface area contributed by atoms with E-state index in [0.717, 1.165) is 16.7 Å². The fourth-order valence-corrected chi connectivity index (χ4v) is 3.05. The normalized spacial score (nSPS) is 16.2. The molecule has 1 aliphatic rings. The van der Waals surface area contributed by atoms with Crippen molar-refractivity contribution in [2.75, 3.05) is 0 Å². The number of phenolic OH excluding ortho intramolecular Hbond substituents is 2. The summed E-state index contributed by atoms with van der Waals surface area (Å²) < 4.78 is 13.7. The van der Waals surface area contributed by atoms with Gasteiger partial charge in [-0.15, -0.1) is 0 Å². The molecule has 1 saturated heterocycles. The predicted molar refractivity (Wildman–Crippen MR) is 87.7 cm³/mol. The van der Waals surface area contributed by atoms with Crippen LogP contribution in [0.4, 0.5) is 9.18 Å². The fraction of sp³-hybridized carbons (Fsp3) is 0.0588. The van der Waals surface area contributed by atoms with Crippen LogP contribution < -0.4 is 0 Å². The van der Waals surface area contributed by atoms with Crippen molar-refractivity contribution in [1.82, 2.24) is 4.90 Å². The van der Waals surface area contributed by atoms with Crippen LogP contribution >= 0.6 is 11.8 Å². The first-order chi connectivity index (χ1) is 11.5. The summed E-state index contributed by atoms with van der Waals surface area (Å²) in [6, 6.07) is 10.0. The van der Waals surface area contributed by atoms with E-state index in [4.69, 9.17) is 0 Å². The minimum absolute atomic E-state index is 0.143. The standard InChI is InChI=1S/C17H12FNO4S/c18-12-4-2-1-3-11(12)9-19-16(22)15(24-17(19)23)8-10-5-6-13(20)14(21)7-10/h1-8,20-21H,9H2/b15-8+. The molecule has 0 unspecified atom stereocenters. The second-order valence-electron chi connectivity index (χ2n) is 5.11. The zero-order chi connectivity index (χ0) is 17.3. The molecule has 0 radical (unpaired) electrons. The molecule has 1 fully saturated rings. The molecular weight excluding hydrogens is 333 g/mol. The van der Waals surface area contributed by atoms with E-state index in [-0.39, 0.29) is 28.5 Å². The van der Waals surface area contributed by atoms with E-state index in [1.807, 2.05) is 0 Å². The van der Waals surface area contributed by atoms with Crippen LogP contribution in [0.25, 0.3) is 6.08 Å². The van der Waals surface area contributed by atoms with Crippen molar-refractivity contribution in [3.05, 3.63) is 64.3 Å². The molecule has 0 bridgehead atoms. The number of amides is 2. The molecule has 0 aliphatic carbocycles. The van der Waals surface area contributed by atoms with Crippen LogP contribution in [0.15, 0.2) is 47.4 Å². The van der Waals surface area contributed by atoms with Crippen LogP contribution in [0, 0.1) is 5.82 Å². The third kappa shape index (κ3) is 3.11. The minimum atomic E-state index is -0.527. The highest BCUT2D eigenvalue weighted by Crippen LogP contribution is 2.34. The number of nitrogens with zero attached hydrogens (tertiary/aromatic N) is 1. The summed E-state index contributed by atoms with van der Waals surface area (Å²) in [6.45, 7) is -0.143. The molecule has 2 amide bonds. The van der Waals surface area contributed by atoms with Crippen LogP contribution in [0.3, 0.4) is 0 Å². The molecule has 0 saturated carbocycles. The number of hydrogen-bond acceptors (Lipinski definition) is 5. The van der Waals surface area contributed by atoms with Crippen molar-refractivity contribution in [2.45, 2.75) is 6.54 Å². The van der Waals surface area contributed by atoms with E-state index in [1.165, 1.54) is 42.5 Å². The van der Waals surface area contributed by atoms with E-state index in [1.54, 1.807) is 6.07 Å². The quantitative estimate of drug-likeness (QED) is 0.658. The lowest BCUT2D eigenvalue weighted by Gasteiger charge is -2.12. The van der Waals surface area contributed by atoms with Crippen molar-refractivity contribution in [3.8, 4) is 11.5 Å². The third-order valence-electron chi connectivity index (χ3n) is 3.46. The Hall–Kier alpha value is -2.80. The monoisotopic (exact) mass is 345 g/mol. The molecule has 2 N–H and O–H groups in total. The fourth-order valence-electron chi connectivity index (χ4n) is 2.21. The summed E-state index contributed by atoms with van der Waals surface area (Å²) in [5.41, 5.74) is 0.713. The first-order valence-electron chi connectivity index (χ1n) is 6.96. The largest absolute Gasteiger partial charge is 0.504 e. The number of rotatable bonds is 3. The summed E-state index contributed by atoms with van der Waals surface area (Å²) in [5.74, 6) is -1.61. The van der Waals surface area contributed by atoms with Crippen LogP contribution in [0.5, 0.6) is 11.5 Å². The van der Waals surface area contributed by atoms with Crippen molar-refractivity contribution in [3.63, 3.8) is 0 Å². The summed E-state index contributed by atoms with van der Waals surface area (Å²) >= 11 is 0.744. The summed E-state index contributed by atoms with van der Waals surface area (Å²) in [6.07, 6.45) is 1.44. The molecule has 0 aromatic heterocycles. The number of carbonyl (C=O) groups excluding carboxylic acids is 2. The molecule has 2 aromatic rings. The molecule has 1 aliphatic heterocycles. The Morgan fingerprint density at radius 1 is 1.08 bits per heavy atom. The number of aromatic hydroxyl groups is 2. The van der Waals surface area contributed by atoms with Crippen LogP contribution in [-0.2, 0) is 11.3 Å². The van der Waals surface area contributed by atoms with Crippen molar-refractivity contribution < 1.29 is 24.2 Å². The average molecular weight is 345 g/mol. The highest BCUT2D eigenvalue weighted by Gasteiger charge is 2.35. The Kier molecular flexibility index (Phi) is 4.26. The van der Waals surface area contributed by atoms with Crippen molar-refractivity contribution >= 4 is 29.0 Å². The molecular formula is C17H12FNO4S. The van der Waals surface area contributed by atoms with E-state index in [2.05, 4.69) is 0 Å². The molecule has 122 valence electrons. The van der Waals surface area contributed by atoms with Gasteiger partial charge in [-0.2, -0.15) is 0 Å². The molecule has 2 aromatic carbocycles. The molecule has 3 rings (SSSR count). The molecule has 0 spiro atoms. The lowest BCUT2D eigenvalue weighted by molar-refractivity contribution is -0.123. The highest BCUT2D eigenvalue weighted by molar-refractivity contribution is 8.18. The molecule has 1 heterocycles. The van der Waals surface area contributed by atoms with Crippen LogP contribution in [0.2, 0.25) is 0 Å². The van der Waals surface area contributed by atoms with Gasteiger partial charge in [0, 0.05) is 5.56 Å². The molecule has 24 heavy (non-hydrogen) atoms. The number of carbonyl (C=O) groups is 2. The zero-order valence-corrected chi connectivity index (χ0v) is 13.1. The Morgan fingerprint density at radius 3 is 2.54 bits per heavy atom. The van der Waals surface area contributed by atoms with Gasteiger partial charge in [-0.1, -0.05) is 24.3 Å². The summed E-state index contributed by atoms with van der Waals surface area (Å²) in [4.78, 5) is 25.5. The molecule has 0 atom stereocenters. The van der Waals surface area contributed by atoms with Gasteiger partial charge in [0.05, 0.1) is 11.4 Å². The number of halogens is 1. The van der Waals surface area contributed by atoms with Gasteiger partial charge in [-0.25, -0.2) is 4.39 Å². The smallest absolute Gasteiger partial charge is 0.293 e. The molecule has 7 heteroatoms.